The van der Waals surface area contributed by atoms with Gasteiger partial charge in [-0.25, -0.2) is 14.8 Å². The van der Waals surface area contributed by atoms with E-state index in [4.69, 9.17) is 5.11 Å². The zero-order valence-corrected chi connectivity index (χ0v) is 7.56. The van der Waals surface area contributed by atoms with Crippen molar-refractivity contribution in [3.8, 4) is 0 Å². The number of carboxylic acid groups (broad SMARTS) is 1. The molecule has 2 heterocycles. The quantitative estimate of drug-likeness (QED) is 0.806. The van der Waals surface area contributed by atoms with Crippen LogP contribution in [-0.4, -0.2) is 25.4 Å². The van der Waals surface area contributed by atoms with Crippen molar-refractivity contribution in [2.24, 2.45) is 0 Å². The third-order valence-corrected chi connectivity index (χ3v) is 1.86. The summed E-state index contributed by atoms with van der Waals surface area (Å²) in [6.45, 7) is 0. The van der Waals surface area contributed by atoms with E-state index in [-0.39, 0.29) is 11.5 Å². The van der Waals surface area contributed by atoms with Crippen LogP contribution in [0, 0.1) is 0 Å². The molecule has 0 atom stereocenters. The molecule has 0 fully saturated rings. The van der Waals surface area contributed by atoms with Crippen LogP contribution in [-0.2, 0) is 6.18 Å². The van der Waals surface area contributed by atoms with Crippen LogP contribution < -0.4 is 0 Å². The molecule has 8 heteroatoms. The molecule has 1 N–H and O–H groups in total. The van der Waals surface area contributed by atoms with Crippen molar-refractivity contribution in [1.82, 2.24) is 14.4 Å². The molecule has 0 radical (unpaired) electrons. The smallest absolute Gasteiger partial charge is 0.419 e. The van der Waals surface area contributed by atoms with Crippen molar-refractivity contribution in [3.63, 3.8) is 0 Å². The summed E-state index contributed by atoms with van der Waals surface area (Å²) >= 11 is 0. The summed E-state index contributed by atoms with van der Waals surface area (Å²) in [5, 5.41) is 8.59. The second kappa shape index (κ2) is 3.19. The standard InChI is InChI=1S/C8H4F3N3O2/c9-8(10,11)4-1-12-7-13-5(6(15)16)3-14(7)2-4/h1-3H,(H,15,16). The number of carboxylic acids is 1. The molecule has 2 aromatic heterocycles. The van der Waals surface area contributed by atoms with Crippen LogP contribution in [0.5, 0.6) is 0 Å². The number of aromatic nitrogens is 3. The van der Waals surface area contributed by atoms with Crippen LogP contribution in [0.2, 0.25) is 0 Å². The minimum atomic E-state index is -4.52. The molecule has 0 aromatic carbocycles. The van der Waals surface area contributed by atoms with E-state index in [0.29, 0.717) is 6.20 Å². The summed E-state index contributed by atoms with van der Waals surface area (Å²) in [6, 6.07) is 0. The van der Waals surface area contributed by atoms with Gasteiger partial charge in [0.1, 0.15) is 0 Å². The summed E-state index contributed by atoms with van der Waals surface area (Å²) in [6.07, 6.45) is -2.20. The van der Waals surface area contributed by atoms with Crippen molar-refractivity contribution >= 4 is 11.7 Å². The van der Waals surface area contributed by atoms with Gasteiger partial charge in [-0.1, -0.05) is 0 Å². The van der Waals surface area contributed by atoms with Crippen LogP contribution in [0.15, 0.2) is 18.6 Å². The van der Waals surface area contributed by atoms with E-state index in [1.165, 1.54) is 0 Å². The van der Waals surface area contributed by atoms with E-state index in [1.54, 1.807) is 0 Å². The van der Waals surface area contributed by atoms with E-state index < -0.39 is 17.7 Å². The van der Waals surface area contributed by atoms with Crippen molar-refractivity contribution in [2.45, 2.75) is 6.18 Å². The molecular formula is C8H4F3N3O2. The normalized spacial score (nSPS) is 11.9. The molecule has 0 saturated heterocycles. The minimum absolute atomic E-state index is 0.0922. The Morgan fingerprint density at radius 3 is 2.62 bits per heavy atom. The average molecular weight is 231 g/mol. The molecule has 0 unspecified atom stereocenters. The Kier molecular flexibility index (Phi) is 2.07. The number of halogens is 3. The molecule has 5 nitrogen and oxygen atoms in total. The number of carbonyl (C=O) groups is 1. The first-order valence-corrected chi connectivity index (χ1v) is 4.03. The molecule has 0 spiro atoms. The van der Waals surface area contributed by atoms with Crippen LogP contribution in [0.3, 0.4) is 0 Å². The monoisotopic (exact) mass is 231 g/mol. The molecule has 84 valence electrons. The van der Waals surface area contributed by atoms with Gasteiger partial charge in [0.25, 0.3) is 0 Å². The fraction of sp³-hybridized carbons (Fsp3) is 0.125. The number of aromatic carboxylic acids is 1. The lowest BCUT2D eigenvalue weighted by atomic mass is 10.3. The van der Waals surface area contributed by atoms with Gasteiger partial charge in [-0.15, -0.1) is 0 Å². The van der Waals surface area contributed by atoms with Crippen LogP contribution in [0.25, 0.3) is 5.78 Å². The summed E-state index contributed by atoms with van der Waals surface area (Å²) in [5.41, 5.74) is -1.32. The highest BCUT2D eigenvalue weighted by molar-refractivity contribution is 5.85. The largest absolute Gasteiger partial charge is 0.476 e. The van der Waals surface area contributed by atoms with Crippen LogP contribution in [0.1, 0.15) is 16.1 Å². The van der Waals surface area contributed by atoms with Crippen LogP contribution >= 0.6 is 0 Å². The van der Waals surface area contributed by atoms with Gasteiger partial charge in [-0.2, -0.15) is 13.2 Å². The fourth-order valence-electron chi connectivity index (χ4n) is 1.13. The van der Waals surface area contributed by atoms with Gasteiger partial charge in [0.05, 0.1) is 5.56 Å². The van der Waals surface area contributed by atoms with Gasteiger partial charge in [0.2, 0.25) is 5.78 Å². The Balaban J connectivity index is 2.58. The Morgan fingerprint density at radius 1 is 1.38 bits per heavy atom. The second-order valence-corrected chi connectivity index (χ2v) is 2.98. The molecular weight excluding hydrogens is 227 g/mol. The second-order valence-electron chi connectivity index (χ2n) is 2.98. The molecule has 0 aliphatic heterocycles. The molecule has 0 bridgehead atoms. The Morgan fingerprint density at radius 2 is 2.06 bits per heavy atom. The summed E-state index contributed by atoms with van der Waals surface area (Å²) in [4.78, 5) is 17.5. The average Bonchev–Trinajstić information content (AvgIpc) is 2.58. The maximum absolute atomic E-state index is 12.3. The zero-order chi connectivity index (χ0) is 11.9. The lowest BCUT2D eigenvalue weighted by molar-refractivity contribution is -0.138. The maximum Gasteiger partial charge on any atom is 0.419 e. The number of rotatable bonds is 1. The van der Waals surface area contributed by atoms with Crippen LogP contribution in [0.4, 0.5) is 13.2 Å². The van der Waals surface area contributed by atoms with Crippen molar-refractivity contribution < 1.29 is 23.1 Å². The minimum Gasteiger partial charge on any atom is -0.476 e. The summed E-state index contributed by atoms with van der Waals surface area (Å²) in [7, 11) is 0. The first kappa shape index (κ1) is 10.4. The number of hydrogen-bond acceptors (Lipinski definition) is 3. The van der Waals surface area contributed by atoms with Crippen molar-refractivity contribution in [1.29, 1.82) is 0 Å². The van der Waals surface area contributed by atoms with E-state index >= 15 is 0 Å². The van der Waals surface area contributed by atoms with E-state index in [2.05, 4.69) is 9.97 Å². The Hall–Kier alpha value is -2.12. The Labute approximate surface area is 86.2 Å². The highest BCUT2D eigenvalue weighted by Gasteiger charge is 2.31. The van der Waals surface area contributed by atoms with Crippen molar-refractivity contribution in [3.05, 3.63) is 29.8 Å². The summed E-state index contributed by atoms with van der Waals surface area (Å²) in [5.74, 6) is -1.41. The molecule has 2 rings (SSSR count). The molecule has 0 amide bonds. The number of alkyl halides is 3. The first-order chi connectivity index (χ1) is 7.38. The molecule has 2 aromatic rings. The van der Waals surface area contributed by atoms with E-state index in [0.717, 1.165) is 16.8 Å². The predicted octanol–water partition coefficient (Wildman–Crippen LogP) is 1.45. The Bertz CT molecular complexity index is 561. The van der Waals surface area contributed by atoms with E-state index in [1.807, 2.05) is 0 Å². The number of hydrogen-bond donors (Lipinski definition) is 1. The topological polar surface area (TPSA) is 67.5 Å². The number of fused-ring (bicyclic) bond motifs is 1. The van der Waals surface area contributed by atoms with E-state index in [9.17, 15) is 18.0 Å². The lowest BCUT2D eigenvalue weighted by Gasteiger charge is -2.05. The molecule has 16 heavy (non-hydrogen) atoms. The third-order valence-electron chi connectivity index (χ3n) is 1.86. The number of nitrogens with zero attached hydrogens (tertiary/aromatic N) is 3. The van der Waals surface area contributed by atoms with Crippen molar-refractivity contribution in [2.75, 3.05) is 0 Å². The van der Waals surface area contributed by atoms with Gasteiger partial charge >= 0.3 is 12.1 Å². The molecule has 0 saturated carbocycles. The molecule has 0 aliphatic carbocycles. The van der Waals surface area contributed by atoms with Gasteiger partial charge in [-0.3, -0.25) is 4.40 Å². The fourth-order valence-corrected chi connectivity index (χ4v) is 1.13. The highest BCUT2D eigenvalue weighted by Crippen LogP contribution is 2.28. The van der Waals surface area contributed by atoms with Gasteiger partial charge in [0.15, 0.2) is 5.69 Å². The highest BCUT2D eigenvalue weighted by atomic mass is 19.4. The summed E-state index contributed by atoms with van der Waals surface area (Å²) < 4.78 is 37.8. The van der Waals surface area contributed by atoms with Gasteiger partial charge in [-0.05, 0) is 0 Å². The zero-order valence-electron chi connectivity index (χ0n) is 7.56. The molecule has 0 aliphatic rings. The van der Waals surface area contributed by atoms with Gasteiger partial charge in [0, 0.05) is 18.6 Å². The number of imidazole rings is 1. The third kappa shape index (κ3) is 1.69. The lowest BCUT2D eigenvalue weighted by Crippen LogP contribution is -2.07. The maximum atomic E-state index is 12.3. The van der Waals surface area contributed by atoms with Gasteiger partial charge < -0.3 is 5.11 Å². The predicted molar refractivity (Wildman–Crippen MR) is 44.9 cm³/mol. The SMILES string of the molecule is O=C(O)c1cn2cc(C(F)(F)F)cnc2n1. The first-order valence-electron chi connectivity index (χ1n) is 4.03.